The number of para-hydroxylation sites is 2. The summed E-state index contributed by atoms with van der Waals surface area (Å²) in [6, 6.07) is 18.6. The lowest BCUT2D eigenvalue weighted by molar-refractivity contribution is -0.121. The number of halogens is 1. The summed E-state index contributed by atoms with van der Waals surface area (Å²) >= 11 is 6.13. The maximum absolute atomic E-state index is 12.4. The number of benzene rings is 2. The fourth-order valence-corrected chi connectivity index (χ4v) is 2.55. The molecule has 1 N–H and O–H groups in total. The standard InChI is InChI=1S/C18H13ClN4O/c19-17-16(22-14-8-4-5-9-15(14)23-17)13(10-20)18(24)21-11-12-6-2-1-3-7-12/h1-9,13H,11H2,(H,21,24)/t13-/m0/s1. The minimum atomic E-state index is -1.11. The van der Waals surface area contributed by atoms with Gasteiger partial charge in [0.05, 0.1) is 17.1 Å². The number of rotatable bonds is 4. The van der Waals surface area contributed by atoms with Gasteiger partial charge in [-0.2, -0.15) is 5.26 Å². The van der Waals surface area contributed by atoms with Crippen LogP contribution in [0.15, 0.2) is 54.6 Å². The molecular weight excluding hydrogens is 324 g/mol. The van der Waals surface area contributed by atoms with Crippen LogP contribution >= 0.6 is 11.6 Å². The van der Waals surface area contributed by atoms with Crippen LogP contribution in [0.4, 0.5) is 0 Å². The smallest absolute Gasteiger partial charge is 0.243 e. The van der Waals surface area contributed by atoms with Gasteiger partial charge in [-0.3, -0.25) is 4.79 Å². The molecule has 0 radical (unpaired) electrons. The van der Waals surface area contributed by atoms with Crippen LogP contribution in [0.5, 0.6) is 0 Å². The molecule has 0 spiro atoms. The zero-order chi connectivity index (χ0) is 16.9. The number of hydrogen-bond acceptors (Lipinski definition) is 4. The van der Waals surface area contributed by atoms with Gasteiger partial charge in [-0.25, -0.2) is 9.97 Å². The molecule has 0 aliphatic carbocycles. The van der Waals surface area contributed by atoms with Crippen molar-refractivity contribution in [2.24, 2.45) is 0 Å². The summed E-state index contributed by atoms with van der Waals surface area (Å²) in [4.78, 5) is 20.9. The fraction of sp³-hybridized carbons (Fsp3) is 0.111. The van der Waals surface area contributed by atoms with Crippen molar-refractivity contribution in [1.82, 2.24) is 15.3 Å². The number of hydrogen-bond donors (Lipinski definition) is 1. The molecule has 1 aromatic heterocycles. The summed E-state index contributed by atoms with van der Waals surface area (Å²) in [6.07, 6.45) is 0. The summed E-state index contributed by atoms with van der Waals surface area (Å²) in [6.45, 7) is 0.330. The topological polar surface area (TPSA) is 78.7 Å². The number of nitriles is 1. The minimum absolute atomic E-state index is 0.0649. The number of aromatic nitrogens is 2. The van der Waals surface area contributed by atoms with Gasteiger partial charge in [0.1, 0.15) is 5.69 Å². The maximum Gasteiger partial charge on any atom is 0.243 e. The largest absolute Gasteiger partial charge is 0.351 e. The van der Waals surface area contributed by atoms with Gasteiger partial charge in [-0.05, 0) is 17.7 Å². The van der Waals surface area contributed by atoms with E-state index in [2.05, 4.69) is 15.3 Å². The maximum atomic E-state index is 12.4. The second-order valence-corrected chi connectivity index (χ2v) is 5.51. The molecule has 6 heteroatoms. The molecule has 0 fully saturated rings. The minimum Gasteiger partial charge on any atom is -0.351 e. The Labute approximate surface area is 143 Å². The van der Waals surface area contributed by atoms with Crippen LogP contribution in [0.2, 0.25) is 5.15 Å². The third-order valence-corrected chi connectivity index (χ3v) is 3.81. The first kappa shape index (κ1) is 15.9. The zero-order valence-electron chi connectivity index (χ0n) is 12.6. The highest BCUT2D eigenvalue weighted by molar-refractivity contribution is 6.30. The quantitative estimate of drug-likeness (QED) is 0.793. The summed E-state index contributed by atoms with van der Waals surface area (Å²) < 4.78 is 0. The van der Waals surface area contributed by atoms with Crippen LogP contribution in [0.25, 0.3) is 11.0 Å². The number of nitrogens with one attached hydrogen (secondary N) is 1. The Bertz CT molecular complexity index is 921. The Balaban J connectivity index is 1.84. The van der Waals surface area contributed by atoms with E-state index in [-0.39, 0.29) is 10.8 Å². The van der Waals surface area contributed by atoms with Gasteiger partial charge in [0.15, 0.2) is 11.1 Å². The normalized spacial score (nSPS) is 11.7. The fourth-order valence-electron chi connectivity index (χ4n) is 2.31. The van der Waals surface area contributed by atoms with Crippen LogP contribution in [0.3, 0.4) is 0 Å². The third-order valence-electron chi connectivity index (χ3n) is 3.53. The first-order valence-electron chi connectivity index (χ1n) is 7.32. The monoisotopic (exact) mass is 336 g/mol. The number of fused-ring (bicyclic) bond motifs is 1. The van der Waals surface area contributed by atoms with E-state index in [4.69, 9.17) is 11.6 Å². The highest BCUT2D eigenvalue weighted by Crippen LogP contribution is 2.24. The van der Waals surface area contributed by atoms with Crippen LogP contribution in [0, 0.1) is 11.3 Å². The molecule has 3 aromatic rings. The Morgan fingerprint density at radius 2 is 1.71 bits per heavy atom. The van der Waals surface area contributed by atoms with E-state index in [1.54, 1.807) is 12.1 Å². The Hall–Kier alpha value is -2.97. The van der Waals surface area contributed by atoms with Gasteiger partial charge >= 0.3 is 0 Å². The van der Waals surface area contributed by atoms with E-state index >= 15 is 0 Å². The van der Waals surface area contributed by atoms with E-state index in [1.807, 2.05) is 48.5 Å². The first-order chi connectivity index (χ1) is 11.7. The predicted octanol–water partition coefficient (Wildman–Crippen LogP) is 3.21. The molecule has 5 nitrogen and oxygen atoms in total. The molecule has 0 saturated heterocycles. The average Bonchev–Trinajstić information content (AvgIpc) is 2.62. The summed E-state index contributed by atoms with van der Waals surface area (Å²) in [5, 5.41) is 12.2. The molecular formula is C18H13ClN4O. The molecule has 0 unspecified atom stereocenters. The van der Waals surface area contributed by atoms with Gasteiger partial charge in [-0.15, -0.1) is 0 Å². The highest BCUT2D eigenvalue weighted by atomic mass is 35.5. The van der Waals surface area contributed by atoms with Crippen molar-refractivity contribution in [1.29, 1.82) is 5.26 Å². The zero-order valence-corrected chi connectivity index (χ0v) is 13.4. The van der Waals surface area contributed by atoms with Crippen LogP contribution in [-0.4, -0.2) is 15.9 Å². The van der Waals surface area contributed by atoms with Crippen LogP contribution in [0.1, 0.15) is 17.2 Å². The van der Waals surface area contributed by atoms with E-state index in [0.29, 0.717) is 17.6 Å². The highest BCUT2D eigenvalue weighted by Gasteiger charge is 2.25. The van der Waals surface area contributed by atoms with Crippen molar-refractivity contribution in [3.8, 4) is 6.07 Å². The Morgan fingerprint density at radius 1 is 1.08 bits per heavy atom. The molecule has 0 aliphatic rings. The van der Waals surface area contributed by atoms with Crippen molar-refractivity contribution in [3.05, 3.63) is 71.0 Å². The molecule has 0 aliphatic heterocycles. The molecule has 1 amide bonds. The summed E-state index contributed by atoms with van der Waals surface area (Å²) in [7, 11) is 0. The molecule has 2 aromatic carbocycles. The van der Waals surface area contributed by atoms with Gasteiger partial charge < -0.3 is 5.32 Å². The molecule has 1 atom stereocenters. The van der Waals surface area contributed by atoms with Crippen molar-refractivity contribution >= 4 is 28.5 Å². The average molecular weight is 337 g/mol. The lowest BCUT2D eigenvalue weighted by Gasteiger charge is -2.11. The molecule has 0 bridgehead atoms. The van der Waals surface area contributed by atoms with Gasteiger partial charge in [0, 0.05) is 6.54 Å². The van der Waals surface area contributed by atoms with Crippen molar-refractivity contribution in [3.63, 3.8) is 0 Å². The van der Waals surface area contributed by atoms with Crippen molar-refractivity contribution in [2.75, 3.05) is 0 Å². The van der Waals surface area contributed by atoms with E-state index in [0.717, 1.165) is 5.56 Å². The lowest BCUT2D eigenvalue weighted by Crippen LogP contribution is -2.29. The van der Waals surface area contributed by atoms with E-state index in [1.165, 1.54) is 0 Å². The van der Waals surface area contributed by atoms with Gasteiger partial charge in [-0.1, -0.05) is 54.1 Å². The lowest BCUT2D eigenvalue weighted by atomic mass is 10.1. The Kier molecular flexibility index (Phi) is 4.69. The third kappa shape index (κ3) is 3.34. The molecule has 118 valence electrons. The predicted molar refractivity (Wildman–Crippen MR) is 91.2 cm³/mol. The van der Waals surface area contributed by atoms with E-state index in [9.17, 15) is 10.1 Å². The molecule has 0 saturated carbocycles. The number of nitrogens with zero attached hydrogens (tertiary/aromatic N) is 3. The van der Waals surface area contributed by atoms with Crippen molar-refractivity contribution < 1.29 is 4.79 Å². The Morgan fingerprint density at radius 3 is 2.38 bits per heavy atom. The molecule has 1 heterocycles. The first-order valence-corrected chi connectivity index (χ1v) is 7.70. The van der Waals surface area contributed by atoms with E-state index < -0.39 is 11.8 Å². The summed E-state index contributed by atoms with van der Waals surface area (Å²) in [5.74, 6) is -1.56. The second-order valence-electron chi connectivity index (χ2n) is 5.15. The van der Waals surface area contributed by atoms with Crippen LogP contribution in [-0.2, 0) is 11.3 Å². The van der Waals surface area contributed by atoms with Gasteiger partial charge in [0.2, 0.25) is 5.91 Å². The number of carbonyl (C=O) groups is 1. The molecule has 24 heavy (non-hydrogen) atoms. The SMILES string of the molecule is N#C[C@H](C(=O)NCc1ccccc1)c1nc2ccccc2nc1Cl. The second kappa shape index (κ2) is 7.07. The summed E-state index contributed by atoms with van der Waals surface area (Å²) in [5.41, 5.74) is 2.32. The molecule has 3 rings (SSSR count). The van der Waals surface area contributed by atoms with Gasteiger partial charge in [0.25, 0.3) is 0 Å². The number of amides is 1. The van der Waals surface area contributed by atoms with Crippen molar-refractivity contribution in [2.45, 2.75) is 12.5 Å². The van der Waals surface area contributed by atoms with Crippen LogP contribution < -0.4 is 5.32 Å². The number of carbonyl (C=O) groups excluding carboxylic acids is 1.